The van der Waals surface area contributed by atoms with E-state index in [1.54, 1.807) is 24.4 Å². The Morgan fingerprint density at radius 3 is 2.26 bits per heavy atom. The van der Waals surface area contributed by atoms with Crippen molar-refractivity contribution < 1.29 is 23.6 Å². The van der Waals surface area contributed by atoms with Crippen LogP contribution in [-0.4, -0.2) is 65.3 Å². The van der Waals surface area contributed by atoms with Crippen molar-refractivity contribution in [1.29, 1.82) is 0 Å². The molecular weight excluding hydrogens is 446 g/mol. The highest BCUT2D eigenvalue weighted by Crippen LogP contribution is 2.62. The molecular formula is C26H34N5O4+. The molecule has 4 aliphatic carbocycles. The number of allylic oxidation sites excluding steroid dienone is 2. The molecule has 7 aliphatic rings. The minimum absolute atomic E-state index is 0.0406. The molecule has 1 saturated heterocycles. The van der Waals surface area contributed by atoms with Crippen molar-refractivity contribution in [1.82, 2.24) is 4.90 Å². The maximum Gasteiger partial charge on any atom is 0.303 e. The molecule has 4 saturated carbocycles. The molecule has 3 heterocycles. The highest BCUT2D eigenvalue weighted by atomic mass is 16.5. The molecule has 9 nitrogen and oxygen atoms in total. The zero-order valence-electron chi connectivity index (χ0n) is 20.0. The number of hydrogen-bond donors (Lipinski definition) is 2. The number of hydrogen-bond acceptors (Lipinski definition) is 5. The minimum Gasteiger partial charge on any atom is -0.378 e. The van der Waals surface area contributed by atoms with Gasteiger partial charge in [0.1, 0.15) is 6.20 Å². The molecule has 2 unspecified atom stereocenters. The Hall–Kier alpha value is -2.78. The largest absolute Gasteiger partial charge is 0.378 e. The van der Waals surface area contributed by atoms with Gasteiger partial charge < -0.3 is 21.1 Å². The maximum absolute atomic E-state index is 14.4. The molecule has 2 atom stereocenters. The van der Waals surface area contributed by atoms with Crippen LogP contribution in [0.1, 0.15) is 44.9 Å². The smallest absolute Gasteiger partial charge is 0.303 e. The highest BCUT2D eigenvalue weighted by molar-refractivity contribution is 6.05. The average molecular weight is 481 g/mol. The average Bonchev–Trinajstić information content (AvgIpc) is 3.23. The minimum atomic E-state index is -0.686. The van der Waals surface area contributed by atoms with Gasteiger partial charge in [0.25, 0.3) is 11.8 Å². The lowest BCUT2D eigenvalue weighted by Gasteiger charge is -2.58. The van der Waals surface area contributed by atoms with Crippen LogP contribution in [0, 0.1) is 23.2 Å². The molecule has 5 fully saturated rings. The Labute approximate surface area is 205 Å². The van der Waals surface area contributed by atoms with E-state index in [4.69, 9.17) is 16.2 Å². The van der Waals surface area contributed by atoms with Gasteiger partial charge in [-0.15, -0.1) is 0 Å². The van der Waals surface area contributed by atoms with Crippen molar-refractivity contribution in [3.05, 3.63) is 35.8 Å². The number of morpholine rings is 1. The van der Waals surface area contributed by atoms with E-state index in [-0.39, 0.29) is 27.2 Å². The Morgan fingerprint density at radius 1 is 1.06 bits per heavy atom. The molecule has 3 aliphatic heterocycles. The van der Waals surface area contributed by atoms with Gasteiger partial charge in [-0.05, 0) is 67.8 Å². The number of carbonyl (C=O) groups is 3. The summed E-state index contributed by atoms with van der Waals surface area (Å²) < 4.78 is 5.26. The molecule has 4 N–H and O–H groups in total. The van der Waals surface area contributed by atoms with Gasteiger partial charge in [0.2, 0.25) is 11.5 Å². The van der Waals surface area contributed by atoms with E-state index in [2.05, 4.69) is 4.99 Å². The van der Waals surface area contributed by atoms with Crippen LogP contribution < -0.4 is 11.5 Å². The van der Waals surface area contributed by atoms with Crippen LogP contribution in [0.5, 0.6) is 0 Å². The quantitative estimate of drug-likeness (QED) is 0.556. The first-order chi connectivity index (χ1) is 16.8. The summed E-state index contributed by atoms with van der Waals surface area (Å²) in [7, 11) is 0. The van der Waals surface area contributed by atoms with Crippen molar-refractivity contribution in [2.24, 2.45) is 39.6 Å². The number of carbonyl (C=O) groups excluding carboxylic acids is 3. The summed E-state index contributed by atoms with van der Waals surface area (Å²) >= 11 is 0. The number of nitrogens with two attached hydrogens (primary N) is 2. The summed E-state index contributed by atoms with van der Waals surface area (Å²) in [6, 6.07) is -0.649. The summed E-state index contributed by atoms with van der Waals surface area (Å²) in [5.41, 5.74) is 11.9. The number of aliphatic imine (C=N–C) groups is 1. The van der Waals surface area contributed by atoms with E-state index in [0.717, 1.165) is 37.0 Å². The van der Waals surface area contributed by atoms with E-state index in [0.29, 0.717) is 38.6 Å². The molecule has 0 spiro atoms. The summed E-state index contributed by atoms with van der Waals surface area (Å²) in [4.78, 5) is 45.7. The summed E-state index contributed by atoms with van der Waals surface area (Å²) in [5.74, 6) is 1.25. The fourth-order valence-corrected chi connectivity index (χ4v) is 8.35. The van der Waals surface area contributed by atoms with Crippen LogP contribution in [-0.2, 0) is 19.1 Å². The van der Waals surface area contributed by atoms with Crippen LogP contribution in [0.3, 0.4) is 0 Å². The van der Waals surface area contributed by atoms with E-state index in [1.165, 1.54) is 19.3 Å². The Morgan fingerprint density at radius 2 is 1.69 bits per heavy atom. The molecule has 0 aromatic carbocycles. The first-order valence-corrected chi connectivity index (χ1v) is 12.9. The van der Waals surface area contributed by atoms with E-state index < -0.39 is 17.9 Å². The fraction of sp³-hybridized carbons (Fsp3) is 0.615. The zero-order valence-corrected chi connectivity index (χ0v) is 20.0. The predicted molar refractivity (Wildman–Crippen MR) is 128 cm³/mol. The number of nitrogens with zero attached hydrogens (tertiary/aromatic N) is 3. The second kappa shape index (κ2) is 8.13. The Bertz CT molecular complexity index is 1060. The van der Waals surface area contributed by atoms with E-state index >= 15 is 0 Å². The van der Waals surface area contributed by atoms with Gasteiger partial charge >= 0.3 is 5.91 Å². The number of primary amides is 2. The van der Waals surface area contributed by atoms with Crippen LogP contribution in [0.4, 0.5) is 0 Å². The first-order valence-electron chi connectivity index (χ1n) is 12.9. The molecule has 35 heavy (non-hydrogen) atoms. The van der Waals surface area contributed by atoms with E-state index in [9.17, 15) is 14.4 Å². The van der Waals surface area contributed by atoms with Crippen LogP contribution in [0.15, 0.2) is 40.8 Å². The standard InChI is InChI=1S/C26H33N5O4/c27-23(32)19-15-31(20(24(28)33)2-1-3-22(31)29-19)21(25(34)30-4-6-35-7-5-30)14-26-11-16-8-17(12-26)10-18(9-16)13-26/h1-3,15-18,21H,4-14H2,(H3-,27,28,32,33)/p+1. The topological polar surface area (TPSA) is 128 Å². The molecule has 0 aromatic rings. The number of amides is 3. The van der Waals surface area contributed by atoms with Crippen molar-refractivity contribution in [3.8, 4) is 0 Å². The molecule has 186 valence electrons. The number of ether oxygens (including phenoxy) is 1. The van der Waals surface area contributed by atoms with Gasteiger partial charge in [0.05, 0.1) is 13.2 Å². The van der Waals surface area contributed by atoms with Crippen LogP contribution in [0.25, 0.3) is 0 Å². The third kappa shape index (κ3) is 3.59. The van der Waals surface area contributed by atoms with Crippen molar-refractivity contribution in [2.45, 2.75) is 51.0 Å². The van der Waals surface area contributed by atoms with Gasteiger partial charge in [0, 0.05) is 31.7 Å². The number of rotatable bonds is 6. The normalized spacial score (nSPS) is 37.9. The third-order valence-corrected chi connectivity index (χ3v) is 9.23. The second-order valence-corrected chi connectivity index (χ2v) is 11.5. The molecule has 0 radical (unpaired) electrons. The van der Waals surface area contributed by atoms with Gasteiger partial charge in [-0.2, -0.15) is 9.48 Å². The highest BCUT2D eigenvalue weighted by Gasteiger charge is 2.60. The third-order valence-electron chi connectivity index (χ3n) is 9.23. The van der Waals surface area contributed by atoms with Crippen molar-refractivity contribution >= 4 is 23.6 Å². The van der Waals surface area contributed by atoms with Gasteiger partial charge in [-0.3, -0.25) is 14.4 Å². The monoisotopic (exact) mass is 480 g/mol. The summed E-state index contributed by atoms with van der Waals surface area (Å²) in [6.45, 7) is 1.97. The molecule has 9 heteroatoms. The summed E-state index contributed by atoms with van der Waals surface area (Å²) in [6.07, 6.45) is 14.6. The molecule has 7 rings (SSSR count). The molecule has 3 amide bonds. The van der Waals surface area contributed by atoms with Crippen LogP contribution >= 0.6 is 0 Å². The summed E-state index contributed by atoms with van der Waals surface area (Å²) in [5, 5.41) is 0. The second-order valence-electron chi connectivity index (χ2n) is 11.5. The SMILES string of the molecule is NC(=O)C1=C[N+]2(C(CC34CC5CC(CC(C5)C3)C4)C(=O)N3CCOCC3)C(C(N)=O)=CC=CC2=N1. The molecule has 4 bridgehead atoms. The Balaban J connectivity index is 1.47. The van der Waals surface area contributed by atoms with Gasteiger partial charge in [0.15, 0.2) is 11.7 Å². The van der Waals surface area contributed by atoms with Crippen LogP contribution in [0.2, 0.25) is 0 Å². The van der Waals surface area contributed by atoms with Crippen molar-refractivity contribution in [3.63, 3.8) is 0 Å². The lowest BCUT2D eigenvalue weighted by molar-refractivity contribution is -0.760. The zero-order chi connectivity index (χ0) is 24.4. The lowest BCUT2D eigenvalue weighted by atomic mass is 9.48. The van der Waals surface area contributed by atoms with Crippen molar-refractivity contribution in [2.75, 3.05) is 26.3 Å². The van der Waals surface area contributed by atoms with E-state index in [1.807, 2.05) is 4.90 Å². The first kappa shape index (κ1) is 22.7. The maximum atomic E-state index is 14.4. The molecule has 0 aromatic heterocycles. The van der Waals surface area contributed by atoms with Gasteiger partial charge in [-0.25, -0.2) is 0 Å². The predicted octanol–water partition coefficient (Wildman–Crippen LogP) is 1.31. The lowest BCUT2D eigenvalue weighted by Crippen LogP contribution is -2.64. The fourth-order valence-electron chi connectivity index (χ4n) is 8.35. The number of amidine groups is 1. The Kier molecular flexibility index (Phi) is 5.27. The number of fused-ring (bicyclic) bond motifs is 1. The number of quaternary nitrogens is 1. The van der Waals surface area contributed by atoms with Gasteiger partial charge in [-0.1, -0.05) is 0 Å².